The van der Waals surface area contributed by atoms with Gasteiger partial charge in [0.05, 0.1) is 26.2 Å². The molecule has 41 heavy (non-hydrogen) atoms. The number of rotatable bonds is 6. The van der Waals surface area contributed by atoms with E-state index in [2.05, 4.69) is 17.0 Å². The van der Waals surface area contributed by atoms with E-state index >= 15 is 0 Å². The average Bonchev–Trinajstić information content (AvgIpc) is 3.05. The molecule has 4 aromatic rings. The number of amides is 2. The normalized spacial score (nSPS) is 18.6. The molecule has 208 valence electrons. The van der Waals surface area contributed by atoms with Gasteiger partial charge in [-0.25, -0.2) is 0 Å². The van der Waals surface area contributed by atoms with Crippen LogP contribution in [0.2, 0.25) is 0 Å². The molecular weight excluding hydrogens is 514 g/mol. The Morgan fingerprint density at radius 1 is 0.683 bits per heavy atom. The quantitative estimate of drug-likeness (QED) is 0.317. The number of methoxy groups -OCH3 is 2. The fraction of sp³-hybridized carbons (Fsp3) is 0.235. The van der Waals surface area contributed by atoms with Gasteiger partial charge in [-0.3, -0.25) is 14.5 Å². The minimum atomic E-state index is -0.581. The third kappa shape index (κ3) is 4.99. The molecule has 2 heterocycles. The SMILES string of the molecule is COc1ccc([C@@H]2[C@@H](C(=O)N3CCN(c4ccccc4)CC3)c3ccccc3C(=O)N2c2ccc(OC)cc2)cc1. The zero-order valence-corrected chi connectivity index (χ0v) is 23.3. The summed E-state index contributed by atoms with van der Waals surface area (Å²) in [6.45, 7) is 2.72. The van der Waals surface area contributed by atoms with Crippen molar-refractivity contribution >= 4 is 23.2 Å². The molecule has 1 fully saturated rings. The first-order valence-corrected chi connectivity index (χ1v) is 13.9. The van der Waals surface area contributed by atoms with E-state index in [9.17, 15) is 9.59 Å². The largest absolute Gasteiger partial charge is 0.497 e. The van der Waals surface area contributed by atoms with Crippen molar-refractivity contribution < 1.29 is 19.1 Å². The molecule has 0 N–H and O–H groups in total. The molecule has 2 aliphatic rings. The molecule has 4 aromatic carbocycles. The molecule has 7 heteroatoms. The summed E-state index contributed by atoms with van der Waals surface area (Å²) in [5.74, 6) is 0.722. The lowest BCUT2D eigenvalue weighted by Gasteiger charge is -2.44. The highest BCUT2D eigenvalue weighted by Crippen LogP contribution is 2.46. The summed E-state index contributed by atoms with van der Waals surface area (Å²) in [7, 11) is 3.24. The van der Waals surface area contributed by atoms with Crippen molar-refractivity contribution in [2.24, 2.45) is 0 Å². The minimum absolute atomic E-state index is 0.0250. The Balaban J connectivity index is 1.41. The van der Waals surface area contributed by atoms with Gasteiger partial charge in [0, 0.05) is 43.1 Å². The molecule has 0 aliphatic carbocycles. The number of ether oxygens (including phenoxy) is 2. The first kappa shape index (κ1) is 26.4. The van der Waals surface area contributed by atoms with Crippen molar-refractivity contribution in [1.82, 2.24) is 4.90 Å². The van der Waals surface area contributed by atoms with Gasteiger partial charge in [-0.2, -0.15) is 0 Å². The van der Waals surface area contributed by atoms with Crippen molar-refractivity contribution in [3.63, 3.8) is 0 Å². The highest BCUT2D eigenvalue weighted by molar-refractivity contribution is 6.11. The molecular formula is C34H33N3O4. The number of carbonyl (C=O) groups is 2. The summed E-state index contributed by atoms with van der Waals surface area (Å²) in [6.07, 6.45) is 0. The molecule has 0 aromatic heterocycles. The Bertz CT molecular complexity index is 1510. The van der Waals surface area contributed by atoms with Gasteiger partial charge in [0.1, 0.15) is 11.5 Å². The third-order valence-corrected chi connectivity index (χ3v) is 8.13. The Kier molecular flexibility index (Phi) is 7.33. The van der Waals surface area contributed by atoms with Crippen LogP contribution in [0.1, 0.15) is 33.4 Å². The van der Waals surface area contributed by atoms with Gasteiger partial charge in [-0.1, -0.05) is 48.5 Å². The number of piperazine rings is 1. The number of nitrogens with zero attached hydrogens (tertiary/aromatic N) is 3. The second-order valence-electron chi connectivity index (χ2n) is 10.3. The fourth-order valence-corrected chi connectivity index (χ4v) is 5.99. The van der Waals surface area contributed by atoms with E-state index in [0.29, 0.717) is 35.8 Å². The zero-order chi connectivity index (χ0) is 28.3. The minimum Gasteiger partial charge on any atom is -0.497 e. The number of fused-ring (bicyclic) bond motifs is 1. The van der Waals surface area contributed by atoms with E-state index in [-0.39, 0.29) is 11.8 Å². The summed E-state index contributed by atoms with van der Waals surface area (Å²) in [5.41, 5.74) is 4.05. The smallest absolute Gasteiger partial charge is 0.259 e. The third-order valence-electron chi connectivity index (χ3n) is 8.13. The predicted molar refractivity (Wildman–Crippen MR) is 160 cm³/mol. The molecule has 2 atom stereocenters. The lowest BCUT2D eigenvalue weighted by atomic mass is 9.78. The molecule has 0 bridgehead atoms. The first-order valence-electron chi connectivity index (χ1n) is 13.9. The lowest BCUT2D eigenvalue weighted by Crippen LogP contribution is -2.53. The van der Waals surface area contributed by atoms with E-state index in [1.807, 2.05) is 95.9 Å². The Morgan fingerprint density at radius 3 is 1.90 bits per heavy atom. The molecule has 1 saturated heterocycles. The molecule has 6 rings (SSSR count). The maximum atomic E-state index is 14.6. The number of carbonyl (C=O) groups excluding carboxylic acids is 2. The van der Waals surface area contributed by atoms with Crippen LogP contribution in [0.3, 0.4) is 0 Å². The van der Waals surface area contributed by atoms with Crippen LogP contribution in [-0.4, -0.2) is 57.1 Å². The van der Waals surface area contributed by atoms with Crippen LogP contribution < -0.4 is 19.3 Å². The van der Waals surface area contributed by atoms with Crippen LogP contribution >= 0.6 is 0 Å². The molecule has 0 unspecified atom stereocenters. The van der Waals surface area contributed by atoms with Crippen LogP contribution in [0, 0.1) is 0 Å². The van der Waals surface area contributed by atoms with Crippen molar-refractivity contribution in [1.29, 1.82) is 0 Å². The zero-order valence-electron chi connectivity index (χ0n) is 23.3. The Labute approximate surface area is 240 Å². The lowest BCUT2D eigenvalue weighted by molar-refractivity contribution is -0.133. The maximum absolute atomic E-state index is 14.6. The maximum Gasteiger partial charge on any atom is 0.259 e. The van der Waals surface area contributed by atoms with E-state index < -0.39 is 12.0 Å². The standard InChI is InChI=1S/C34H33N3O4/c1-40-27-16-12-24(13-17-27)32-31(34(39)36-22-20-35(21-23-36)25-8-4-3-5-9-25)29-10-6-7-11-30(29)33(38)37(32)26-14-18-28(41-2)19-15-26/h3-19,31-32H,20-23H2,1-2H3/t31-,32+/m0/s1. The summed E-state index contributed by atoms with van der Waals surface area (Å²) in [6, 6.07) is 32.4. The summed E-state index contributed by atoms with van der Waals surface area (Å²) >= 11 is 0. The Hall–Kier alpha value is -4.78. The van der Waals surface area contributed by atoms with Crippen molar-refractivity contribution in [2.75, 3.05) is 50.2 Å². The topological polar surface area (TPSA) is 62.3 Å². The summed E-state index contributed by atoms with van der Waals surface area (Å²) in [5, 5.41) is 0. The van der Waals surface area contributed by atoms with E-state index in [4.69, 9.17) is 9.47 Å². The van der Waals surface area contributed by atoms with Crippen LogP contribution in [0.4, 0.5) is 11.4 Å². The first-order chi connectivity index (χ1) is 20.1. The molecule has 0 spiro atoms. The van der Waals surface area contributed by atoms with Gasteiger partial charge >= 0.3 is 0 Å². The van der Waals surface area contributed by atoms with Crippen LogP contribution in [0.15, 0.2) is 103 Å². The monoisotopic (exact) mass is 547 g/mol. The average molecular weight is 548 g/mol. The highest BCUT2D eigenvalue weighted by atomic mass is 16.5. The molecule has 2 amide bonds. The van der Waals surface area contributed by atoms with E-state index in [1.54, 1.807) is 19.1 Å². The Morgan fingerprint density at radius 2 is 1.27 bits per heavy atom. The molecule has 7 nitrogen and oxygen atoms in total. The molecule has 2 aliphatic heterocycles. The van der Waals surface area contributed by atoms with Gasteiger partial charge in [0.25, 0.3) is 5.91 Å². The highest BCUT2D eigenvalue weighted by Gasteiger charge is 2.46. The second-order valence-corrected chi connectivity index (χ2v) is 10.3. The van der Waals surface area contributed by atoms with Crippen LogP contribution in [0.5, 0.6) is 11.5 Å². The summed E-state index contributed by atoms with van der Waals surface area (Å²) in [4.78, 5) is 34.8. The van der Waals surface area contributed by atoms with Crippen molar-refractivity contribution in [3.8, 4) is 11.5 Å². The number of anilines is 2. The fourth-order valence-electron chi connectivity index (χ4n) is 5.99. The number of hydrogen-bond acceptors (Lipinski definition) is 5. The number of hydrogen-bond donors (Lipinski definition) is 0. The molecule has 0 saturated carbocycles. The van der Waals surface area contributed by atoms with E-state index in [1.165, 1.54) is 0 Å². The van der Waals surface area contributed by atoms with Gasteiger partial charge in [0.15, 0.2) is 0 Å². The summed E-state index contributed by atoms with van der Waals surface area (Å²) < 4.78 is 10.8. The number of para-hydroxylation sites is 1. The second kappa shape index (κ2) is 11.4. The van der Waals surface area contributed by atoms with Gasteiger partial charge in [-0.05, 0) is 65.7 Å². The van der Waals surface area contributed by atoms with Crippen molar-refractivity contribution in [3.05, 3.63) is 120 Å². The van der Waals surface area contributed by atoms with Gasteiger partial charge in [0.2, 0.25) is 5.91 Å². The van der Waals surface area contributed by atoms with Crippen LogP contribution in [0.25, 0.3) is 0 Å². The van der Waals surface area contributed by atoms with E-state index in [0.717, 1.165) is 29.9 Å². The van der Waals surface area contributed by atoms with Gasteiger partial charge in [-0.15, -0.1) is 0 Å². The predicted octanol–water partition coefficient (Wildman–Crippen LogP) is 5.54. The molecule has 0 radical (unpaired) electrons. The van der Waals surface area contributed by atoms with Crippen molar-refractivity contribution in [2.45, 2.75) is 12.0 Å². The number of benzene rings is 4. The van der Waals surface area contributed by atoms with Crippen LogP contribution in [-0.2, 0) is 4.79 Å². The van der Waals surface area contributed by atoms with Gasteiger partial charge < -0.3 is 19.3 Å².